The average Bonchev–Trinajstić information content (AvgIpc) is 2.58. The zero-order valence-corrected chi connectivity index (χ0v) is 13.8. The van der Waals surface area contributed by atoms with Gasteiger partial charge in [0.2, 0.25) is 11.8 Å². The van der Waals surface area contributed by atoms with Crippen LogP contribution in [0.3, 0.4) is 0 Å². The van der Waals surface area contributed by atoms with Crippen LogP contribution >= 0.6 is 0 Å². The molecule has 2 aromatic rings. The Balaban J connectivity index is 1.81. The minimum Gasteiger partial charge on any atom is -0.354 e. The molecule has 2 N–H and O–H groups in total. The average molecular weight is 331 g/mol. The molecule has 24 heavy (non-hydrogen) atoms. The van der Waals surface area contributed by atoms with Crippen molar-refractivity contribution in [2.75, 3.05) is 13.1 Å². The summed E-state index contributed by atoms with van der Waals surface area (Å²) in [6.07, 6.45) is 0.116. The van der Waals surface area contributed by atoms with E-state index < -0.39 is 0 Å². The summed E-state index contributed by atoms with van der Waals surface area (Å²) in [6.45, 7) is 4.47. The van der Waals surface area contributed by atoms with Crippen molar-refractivity contribution in [1.29, 1.82) is 0 Å². The standard InChI is InChI=1S/C16H21N5O3/c1-11(2)15(23)18-9-8-17-14(22)7-10-21-16(24)12-5-3-4-6-13(12)19-20-21/h3-6,11H,7-10H2,1-2H3,(H,17,22)(H,18,23). The quantitative estimate of drug-likeness (QED) is 0.698. The fourth-order valence-electron chi connectivity index (χ4n) is 2.06. The lowest BCUT2D eigenvalue weighted by Gasteiger charge is -2.09. The van der Waals surface area contributed by atoms with Crippen molar-refractivity contribution < 1.29 is 9.59 Å². The van der Waals surface area contributed by atoms with Gasteiger partial charge in [-0.05, 0) is 12.1 Å². The molecule has 0 saturated carbocycles. The van der Waals surface area contributed by atoms with Crippen LogP contribution in [0.5, 0.6) is 0 Å². The van der Waals surface area contributed by atoms with Crippen LogP contribution in [0.2, 0.25) is 0 Å². The molecule has 0 aliphatic heterocycles. The second-order valence-electron chi connectivity index (χ2n) is 5.68. The van der Waals surface area contributed by atoms with E-state index in [4.69, 9.17) is 0 Å². The van der Waals surface area contributed by atoms with E-state index in [-0.39, 0.29) is 36.3 Å². The lowest BCUT2D eigenvalue weighted by Crippen LogP contribution is -2.37. The predicted molar refractivity (Wildman–Crippen MR) is 89.3 cm³/mol. The summed E-state index contributed by atoms with van der Waals surface area (Å²) >= 11 is 0. The third kappa shape index (κ3) is 4.61. The molecule has 1 aromatic carbocycles. The highest BCUT2D eigenvalue weighted by Gasteiger charge is 2.08. The summed E-state index contributed by atoms with van der Waals surface area (Å²) in [6, 6.07) is 6.94. The molecule has 8 heteroatoms. The maximum Gasteiger partial charge on any atom is 0.277 e. The van der Waals surface area contributed by atoms with Crippen molar-refractivity contribution >= 4 is 22.7 Å². The number of carbonyl (C=O) groups is 2. The van der Waals surface area contributed by atoms with Gasteiger partial charge in [-0.15, -0.1) is 5.10 Å². The van der Waals surface area contributed by atoms with Crippen LogP contribution in [-0.2, 0) is 16.1 Å². The number of rotatable bonds is 7. The van der Waals surface area contributed by atoms with E-state index in [0.717, 1.165) is 0 Å². The molecule has 0 bridgehead atoms. The first-order valence-corrected chi connectivity index (χ1v) is 7.86. The van der Waals surface area contributed by atoms with E-state index in [0.29, 0.717) is 24.0 Å². The molecule has 1 heterocycles. The number of aromatic nitrogens is 3. The zero-order chi connectivity index (χ0) is 17.5. The van der Waals surface area contributed by atoms with Gasteiger partial charge in [0.25, 0.3) is 5.56 Å². The van der Waals surface area contributed by atoms with Crippen LogP contribution in [0, 0.1) is 5.92 Å². The fraction of sp³-hybridized carbons (Fsp3) is 0.438. The molecule has 128 valence electrons. The molecule has 2 amide bonds. The van der Waals surface area contributed by atoms with Crippen LogP contribution in [-0.4, -0.2) is 39.9 Å². The highest BCUT2D eigenvalue weighted by Crippen LogP contribution is 2.03. The Kier molecular flexibility index (Phi) is 6.00. The number of nitrogens with zero attached hydrogens (tertiary/aromatic N) is 3. The van der Waals surface area contributed by atoms with Gasteiger partial charge in [-0.25, -0.2) is 4.68 Å². The number of carbonyl (C=O) groups excluding carboxylic acids is 2. The molecule has 0 atom stereocenters. The number of nitrogens with one attached hydrogen (secondary N) is 2. The maximum absolute atomic E-state index is 12.2. The highest BCUT2D eigenvalue weighted by atomic mass is 16.2. The maximum atomic E-state index is 12.2. The Morgan fingerprint density at radius 3 is 2.62 bits per heavy atom. The first kappa shape index (κ1) is 17.6. The molecular formula is C16H21N5O3. The van der Waals surface area contributed by atoms with Gasteiger partial charge >= 0.3 is 0 Å². The van der Waals surface area contributed by atoms with E-state index in [1.54, 1.807) is 38.1 Å². The first-order valence-electron chi connectivity index (χ1n) is 7.86. The number of hydrogen-bond acceptors (Lipinski definition) is 5. The van der Waals surface area contributed by atoms with Crippen molar-refractivity contribution in [2.45, 2.75) is 26.8 Å². The van der Waals surface area contributed by atoms with E-state index >= 15 is 0 Å². The number of hydrogen-bond donors (Lipinski definition) is 2. The predicted octanol–water partition coefficient (Wildman–Crippen LogP) is 0.0700. The molecular weight excluding hydrogens is 310 g/mol. The van der Waals surface area contributed by atoms with Crippen molar-refractivity contribution in [3.63, 3.8) is 0 Å². The summed E-state index contributed by atoms with van der Waals surface area (Å²) in [4.78, 5) is 35.4. The molecule has 2 rings (SSSR count). The van der Waals surface area contributed by atoms with E-state index in [2.05, 4.69) is 20.9 Å². The molecule has 8 nitrogen and oxygen atoms in total. The topological polar surface area (TPSA) is 106 Å². The second-order valence-corrected chi connectivity index (χ2v) is 5.68. The smallest absolute Gasteiger partial charge is 0.277 e. The third-order valence-electron chi connectivity index (χ3n) is 3.45. The molecule has 0 aliphatic rings. The van der Waals surface area contributed by atoms with Crippen molar-refractivity contribution in [2.24, 2.45) is 5.92 Å². The number of amides is 2. The minimum absolute atomic E-state index is 0.0535. The molecule has 0 unspecified atom stereocenters. The zero-order valence-electron chi connectivity index (χ0n) is 13.8. The minimum atomic E-state index is -0.266. The summed E-state index contributed by atoms with van der Waals surface area (Å²) in [5.74, 6) is -0.350. The van der Waals surface area contributed by atoms with Gasteiger partial charge in [0.15, 0.2) is 0 Å². The monoisotopic (exact) mass is 331 g/mol. The molecule has 0 fully saturated rings. The molecule has 0 spiro atoms. The highest BCUT2D eigenvalue weighted by molar-refractivity contribution is 5.78. The van der Waals surface area contributed by atoms with E-state index in [9.17, 15) is 14.4 Å². The van der Waals surface area contributed by atoms with Crippen molar-refractivity contribution in [3.8, 4) is 0 Å². The molecule has 0 saturated heterocycles. The normalized spacial score (nSPS) is 10.8. The summed E-state index contributed by atoms with van der Waals surface area (Å²) in [7, 11) is 0. The second kappa shape index (κ2) is 8.19. The summed E-state index contributed by atoms with van der Waals surface area (Å²) < 4.78 is 1.18. The Bertz CT molecular complexity index is 785. The van der Waals surface area contributed by atoms with Gasteiger partial charge in [-0.2, -0.15) is 0 Å². The SMILES string of the molecule is CC(C)C(=O)NCCNC(=O)CCn1nnc2ccccc2c1=O. The summed E-state index contributed by atoms with van der Waals surface area (Å²) in [5.41, 5.74) is 0.265. The van der Waals surface area contributed by atoms with Gasteiger partial charge < -0.3 is 10.6 Å². The number of benzene rings is 1. The Hall–Kier alpha value is -2.77. The van der Waals surface area contributed by atoms with Crippen LogP contribution in [0.25, 0.3) is 10.9 Å². The van der Waals surface area contributed by atoms with Crippen LogP contribution in [0.4, 0.5) is 0 Å². The largest absolute Gasteiger partial charge is 0.354 e. The van der Waals surface area contributed by atoms with Crippen LogP contribution in [0.1, 0.15) is 20.3 Å². The molecule has 0 radical (unpaired) electrons. The molecule has 1 aromatic heterocycles. The van der Waals surface area contributed by atoms with Gasteiger partial charge in [-0.3, -0.25) is 14.4 Å². The fourth-order valence-corrected chi connectivity index (χ4v) is 2.06. The van der Waals surface area contributed by atoms with Gasteiger partial charge in [0, 0.05) is 25.4 Å². The van der Waals surface area contributed by atoms with Gasteiger partial charge in [-0.1, -0.05) is 31.2 Å². The Morgan fingerprint density at radius 1 is 1.17 bits per heavy atom. The van der Waals surface area contributed by atoms with Crippen molar-refractivity contribution in [1.82, 2.24) is 25.6 Å². The van der Waals surface area contributed by atoms with Gasteiger partial charge in [0.1, 0.15) is 5.52 Å². The number of fused-ring (bicyclic) bond motifs is 1. The van der Waals surface area contributed by atoms with E-state index in [1.165, 1.54) is 4.68 Å². The third-order valence-corrected chi connectivity index (χ3v) is 3.45. The van der Waals surface area contributed by atoms with E-state index in [1.807, 2.05) is 0 Å². The summed E-state index contributed by atoms with van der Waals surface area (Å²) in [5, 5.41) is 13.7. The molecule has 0 aliphatic carbocycles. The lowest BCUT2D eigenvalue weighted by molar-refractivity contribution is -0.124. The van der Waals surface area contributed by atoms with Gasteiger partial charge in [0.05, 0.1) is 11.9 Å². The van der Waals surface area contributed by atoms with Crippen molar-refractivity contribution in [3.05, 3.63) is 34.6 Å². The Morgan fingerprint density at radius 2 is 1.88 bits per heavy atom. The van der Waals surface area contributed by atoms with Crippen LogP contribution < -0.4 is 16.2 Å². The first-order chi connectivity index (χ1) is 11.5. The van der Waals surface area contributed by atoms with Crippen LogP contribution in [0.15, 0.2) is 29.1 Å². The lowest BCUT2D eigenvalue weighted by atomic mass is 10.2. The Labute approximate surface area is 139 Å². The number of aryl methyl sites for hydroxylation is 1.